The van der Waals surface area contributed by atoms with Crippen molar-refractivity contribution in [2.75, 3.05) is 0 Å². The highest BCUT2D eigenvalue weighted by molar-refractivity contribution is 6.15. The molecule has 1 aliphatic carbocycles. The summed E-state index contributed by atoms with van der Waals surface area (Å²) in [6.07, 6.45) is 7.41. The van der Waals surface area contributed by atoms with Gasteiger partial charge in [0.1, 0.15) is 0 Å². The van der Waals surface area contributed by atoms with Crippen molar-refractivity contribution in [3.05, 3.63) is 65.8 Å². The van der Waals surface area contributed by atoms with Gasteiger partial charge in [0.2, 0.25) is 0 Å². The molecule has 0 saturated carbocycles. The van der Waals surface area contributed by atoms with Crippen LogP contribution in [0.15, 0.2) is 54.6 Å². The molecule has 0 fully saturated rings. The number of allylic oxidation sites excluding steroid dienone is 4. The Morgan fingerprint density at radius 1 is 1.05 bits per heavy atom. The zero-order chi connectivity index (χ0) is 15.0. The largest absolute Gasteiger partial charge is 0.304 e. The minimum absolute atomic E-state index is 0.161. The molecule has 0 bridgehead atoms. The van der Waals surface area contributed by atoms with Crippen LogP contribution < -0.4 is 0 Å². The molecule has 0 saturated heterocycles. The van der Waals surface area contributed by atoms with Crippen LogP contribution in [0, 0.1) is 10.8 Å². The van der Waals surface area contributed by atoms with E-state index in [2.05, 4.69) is 75.4 Å². The zero-order valence-electron chi connectivity index (χ0n) is 12.9. The van der Waals surface area contributed by atoms with Gasteiger partial charge in [-0.2, -0.15) is 0 Å². The van der Waals surface area contributed by atoms with Crippen LogP contribution in [0.5, 0.6) is 0 Å². The molecule has 1 N–H and O–H groups in total. The van der Waals surface area contributed by atoms with Gasteiger partial charge in [0, 0.05) is 16.7 Å². The van der Waals surface area contributed by atoms with Crippen LogP contribution >= 0.6 is 0 Å². The van der Waals surface area contributed by atoms with Gasteiger partial charge in [-0.25, -0.2) is 0 Å². The van der Waals surface area contributed by atoms with Gasteiger partial charge in [0.15, 0.2) is 0 Å². The summed E-state index contributed by atoms with van der Waals surface area (Å²) in [6, 6.07) is 12.7. The minimum Gasteiger partial charge on any atom is -0.304 e. The minimum atomic E-state index is -0.161. The Morgan fingerprint density at radius 2 is 1.81 bits per heavy atom. The molecule has 0 aromatic heterocycles. The lowest BCUT2D eigenvalue weighted by Crippen LogP contribution is -2.22. The molecule has 3 rings (SSSR count). The summed E-state index contributed by atoms with van der Waals surface area (Å²) >= 11 is 0. The number of benzene rings is 2. The summed E-state index contributed by atoms with van der Waals surface area (Å²) in [7, 11) is 0. The van der Waals surface area contributed by atoms with Crippen molar-refractivity contribution in [3.8, 4) is 0 Å². The molecule has 0 atom stereocenters. The Balaban J connectivity index is 2.30. The predicted molar refractivity (Wildman–Crippen MR) is 92.0 cm³/mol. The Kier molecular flexibility index (Phi) is 3.29. The third-order valence-corrected chi connectivity index (χ3v) is 4.05. The highest BCUT2D eigenvalue weighted by Crippen LogP contribution is 2.35. The summed E-state index contributed by atoms with van der Waals surface area (Å²) in [5.74, 6) is 0. The lowest BCUT2D eigenvalue weighted by Gasteiger charge is -2.24. The van der Waals surface area contributed by atoms with Crippen LogP contribution in [-0.2, 0) is 0 Å². The summed E-state index contributed by atoms with van der Waals surface area (Å²) < 4.78 is 0. The smallest absolute Gasteiger partial charge is 0.0451 e. The van der Waals surface area contributed by atoms with Crippen molar-refractivity contribution in [1.29, 1.82) is 5.41 Å². The van der Waals surface area contributed by atoms with Crippen LogP contribution in [0.3, 0.4) is 0 Å². The number of rotatable bonds is 2. The van der Waals surface area contributed by atoms with E-state index in [9.17, 15) is 0 Å². The summed E-state index contributed by atoms with van der Waals surface area (Å²) in [5, 5.41) is 11.1. The Bertz CT molecular complexity index is 770. The van der Waals surface area contributed by atoms with E-state index in [0.717, 1.165) is 12.0 Å². The first-order valence-corrected chi connectivity index (χ1v) is 7.46. The average Bonchev–Trinajstić information content (AvgIpc) is 2.98. The van der Waals surface area contributed by atoms with E-state index in [1.165, 1.54) is 21.9 Å². The van der Waals surface area contributed by atoms with Crippen molar-refractivity contribution >= 4 is 22.1 Å². The van der Waals surface area contributed by atoms with Crippen LogP contribution in [0.1, 0.15) is 38.3 Å². The van der Waals surface area contributed by atoms with Crippen molar-refractivity contribution in [3.63, 3.8) is 0 Å². The molecule has 0 spiro atoms. The first-order chi connectivity index (χ1) is 9.98. The summed E-state index contributed by atoms with van der Waals surface area (Å²) in [4.78, 5) is 0. The third-order valence-electron chi connectivity index (χ3n) is 4.05. The maximum atomic E-state index is 8.72. The fourth-order valence-electron chi connectivity index (χ4n) is 2.83. The third kappa shape index (κ3) is 2.44. The second-order valence-electron chi connectivity index (χ2n) is 6.66. The maximum absolute atomic E-state index is 8.72. The summed E-state index contributed by atoms with van der Waals surface area (Å²) in [6.45, 7) is 6.34. The zero-order valence-corrected chi connectivity index (χ0v) is 12.9. The van der Waals surface area contributed by atoms with Crippen LogP contribution in [0.4, 0.5) is 0 Å². The standard InChI is InChI=1S/C20H21N/c1-20(2,3)19(21)18-16-11-7-6-10-15(16)12-13-17(18)14-8-4-5-9-14/h4-8,10-13,21H,9H2,1-3H3. The fraction of sp³-hybridized carbons (Fsp3) is 0.250. The SMILES string of the molecule is CC(C)(C)C(=N)c1c(C2=CC=CC2)ccc2ccccc12. The second kappa shape index (κ2) is 5.00. The predicted octanol–water partition coefficient (Wildman–Crippen LogP) is 5.60. The van der Waals surface area contributed by atoms with Crippen LogP contribution in [0.2, 0.25) is 0 Å². The lowest BCUT2D eigenvalue weighted by atomic mass is 9.80. The van der Waals surface area contributed by atoms with E-state index in [-0.39, 0.29) is 5.41 Å². The molecular formula is C20H21N. The van der Waals surface area contributed by atoms with E-state index >= 15 is 0 Å². The highest BCUT2D eigenvalue weighted by Gasteiger charge is 2.24. The molecule has 1 aliphatic rings. The molecule has 0 aliphatic heterocycles. The molecule has 0 unspecified atom stereocenters. The van der Waals surface area contributed by atoms with Crippen LogP contribution in [0.25, 0.3) is 16.3 Å². The number of fused-ring (bicyclic) bond motifs is 1. The Labute approximate surface area is 126 Å². The monoisotopic (exact) mass is 275 g/mol. The number of hydrogen-bond acceptors (Lipinski definition) is 1. The van der Waals surface area contributed by atoms with Gasteiger partial charge in [-0.3, -0.25) is 0 Å². The van der Waals surface area contributed by atoms with E-state index < -0.39 is 0 Å². The first kappa shape index (κ1) is 13.8. The molecule has 0 heterocycles. The van der Waals surface area contributed by atoms with Gasteiger partial charge in [-0.05, 0) is 28.3 Å². The maximum Gasteiger partial charge on any atom is 0.0451 e. The van der Waals surface area contributed by atoms with E-state index in [0.29, 0.717) is 5.71 Å². The summed E-state index contributed by atoms with van der Waals surface area (Å²) in [5.41, 5.74) is 4.16. The Morgan fingerprint density at radius 3 is 2.48 bits per heavy atom. The van der Waals surface area contributed by atoms with E-state index in [1.807, 2.05) is 0 Å². The van der Waals surface area contributed by atoms with Gasteiger partial charge in [0.25, 0.3) is 0 Å². The molecule has 1 nitrogen and oxygen atoms in total. The molecule has 21 heavy (non-hydrogen) atoms. The first-order valence-electron chi connectivity index (χ1n) is 7.46. The lowest BCUT2D eigenvalue weighted by molar-refractivity contribution is 0.589. The number of hydrogen-bond donors (Lipinski definition) is 1. The van der Waals surface area contributed by atoms with E-state index in [1.54, 1.807) is 0 Å². The topological polar surface area (TPSA) is 23.9 Å². The molecule has 0 amide bonds. The Hall–Kier alpha value is -2.15. The highest BCUT2D eigenvalue weighted by atomic mass is 14.5. The number of nitrogens with one attached hydrogen (secondary N) is 1. The van der Waals surface area contributed by atoms with Crippen molar-refractivity contribution in [2.24, 2.45) is 5.41 Å². The normalized spacial score (nSPS) is 14.5. The molecule has 1 heteroatoms. The van der Waals surface area contributed by atoms with Crippen LogP contribution in [-0.4, -0.2) is 5.71 Å². The van der Waals surface area contributed by atoms with Gasteiger partial charge >= 0.3 is 0 Å². The second-order valence-corrected chi connectivity index (χ2v) is 6.66. The molecule has 2 aromatic carbocycles. The fourth-order valence-corrected chi connectivity index (χ4v) is 2.83. The van der Waals surface area contributed by atoms with Crippen molar-refractivity contribution < 1.29 is 0 Å². The molecule has 2 aromatic rings. The van der Waals surface area contributed by atoms with Crippen molar-refractivity contribution in [2.45, 2.75) is 27.2 Å². The van der Waals surface area contributed by atoms with Crippen molar-refractivity contribution in [1.82, 2.24) is 0 Å². The van der Waals surface area contributed by atoms with Gasteiger partial charge < -0.3 is 5.41 Å². The van der Waals surface area contributed by atoms with Gasteiger partial charge in [-0.1, -0.05) is 75.4 Å². The molecular weight excluding hydrogens is 254 g/mol. The van der Waals surface area contributed by atoms with Gasteiger partial charge in [-0.15, -0.1) is 0 Å². The molecule has 0 radical (unpaired) electrons. The van der Waals surface area contributed by atoms with Gasteiger partial charge in [0.05, 0.1) is 0 Å². The quantitative estimate of drug-likeness (QED) is 0.690. The molecule has 106 valence electrons. The average molecular weight is 275 g/mol. The van der Waals surface area contributed by atoms with E-state index in [4.69, 9.17) is 5.41 Å².